The van der Waals surface area contributed by atoms with Crippen LogP contribution < -0.4 is 5.56 Å². The number of carbonyl (C=O) groups is 1. The van der Waals surface area contributed by atoms with Crippen LogP contribution in [0, 0.1) is 0 Å². The van der Waals surface area contributed by atoms with Crippen molar-refractivity contribution in [1.29, 1.82) is 0 Å². The van der Waals surface area contributed by atoms with Crippen molar-refractivity contribution in [2.45, 2.75) is 18.9 Å². The van der Waals surface area contributed by atoms with Gasteiger partial charge in [-0.1, -0.05) is 59.6 Å². The van der Waals surface area contributed by atoms with E-state index in [0.717, 1.165) is 12.0 Å². The van der Waals surface area contributed by atoms with Gasteiger partial charge in [0, 0.05) is 29.2 Å². The smallest absolute Gasteiger partial charge is 0.263 e. The molecule has 1 fully saturated rings. The third-order valence-corrected chi connectivity index (χ3v) is 5.66. The molecular weight excluding hydrogens is 397 g/mol. The maximum absolute atomic E-state index is 12.8. The predicted molar refractivity (Wildman–Crippen MR) is 109 cm³/mol. The van der Waals surface area contributed by atoms with E-state index in [9.17, 15) is 9.59 Å². The number of benzene rings is 2. The maximum atomic E-state index is 12.8. The lowest BCUT2D eigenvalue weighted by Crippen LogP contribution is -2.46. The topological polar surface area (TPSA) is 66.1 Å². The predicted octanol–water partition coefficient (Wildman–Crippen LogP) is 4.25. The Hall–Kier alpha value is -2.63. The van der Waals surface area contributed by atoms with Gasteiger partial charge >= 0.3 is 0 Å². The summed E-state index contributed by atoms with van der Waals surface area (Å²) >= 11 is 12.4. The van der Waals surface area contributed by atoms with Crippen molar-refractivity contribution in [3.05, 3.63) is 97.6 Å². The number of hydrogen-bond donors (Lipinski definition) is 1. The monoisotopic (exact) mass is 413 g/mol. The fraction of sp³-hybridized carbons (Fsp3) is 0.190. The van der Waals surface area contributed by atoms with E-state index < -0.39 is 5.56 Å². The van der Waals surface area contributed by atoms with Gasteiger partial charge in [-0.15, -0.1) is 0 Å². The number of nitrogens with zero attached hydrogens (tertiary/aromatic N) is 2. The molecule has 3 aromatic rings. The molecule has 1 aliphatic rings. The summed E-state index contributed by atoms with van der Waals surface area (Å²) in [7, 11) is 0. The summed E-state index contributed by atoms with van der Waals surface area (Å²) in [5, 5.41) is 1.00. The SMILES string of the molecule is O=C(c1cnc(Cc2c(Cl)cccc2Cl)[nH]c1=O)N1CC[C@@H]1c1ccccc1. The quantitative estimate of drug-likeness (QED) is 0.694. The van der Waals surface area contributed by atoms with E-state index >= 15 is 0 Å². The summed E-state index contributed by atoms with van der Waals surface area (Å²) in [6.45, 7) is 0.620. The van der Waals surface area contributed by atoms with E-state index in [4.69, 9.17) is 23.2 Å². The van der Waals surface area contributed by atoms with Gasteiger partial charge in [0.05, 0.1) is 6.04 Å². The Morgan fingerprint density at radius 3 is 2.43 bits per heavy atom. The lowest BCUT2D eigenvalue weighted by Gasteiger charge is -2.41. The third-order valence-electron chi connectivity index (χ3n) is 4.95. The first-order valence-electron chi connectivity index (χ1n) is 8.91. The molecule has 2 heterocycles. The summed E-state index contributed by atoms with van der Waals surface area (Å²) in [5.74, 6) is 0.0935. The first-order chi connectivity index (χ1) is 13.5. The van der Waals surface area contributed by atoms with Crippen LogP contribution in [0.2, 0.25) is 10.0 Å². The average Bonchev–Trinajstić information content (AvgIpc) is 2.65. The zero-order valence-electron chi connectivity index (χ0n) is 14.9. The van der Waals surface area contributed by atoms with Gasteiger partial charge in [-0.25, -0.2) is 4.98 Å². The standard InChI is InChI=1S/C21H17Cl2N3O2/c22-16-7-4-8-17(23)14(16)11-19-24-12-15(20(27)25-19)21(28)26-10-9-18(26)13-5-2-1-3-6-13/h1-8,12,18H,9-11H2,(H,24,25,27)/t18-/m1/s1. The second-order valence-corrected chi connectivity index (χ2v) is 7.48. The molecule has 1 amide bonds. The fourth-order valence-electron chi connectivity index (χ4n) is 3.35. The highest BCUT2D eigenvalue weighted by atomic mass is 35.5. The van der Waals surface area contributed by atoms with Crippen molar-refractivity contribution in [1.82, 2.24) is 14.9 Å². The summed E-state index contributed by atoms with van der Waals surface area (Å²) in [4.78, 5) is 34.0. The number of rotatable bonds is 4. The van der Waals surface area contributed by atoms with Crippen LogP contribution in [0.3, 0.4) is 0 Å². The van der Waals surface area contributed by atoms with Crippen molar-refractivity contribution in [3.63, 3.8) is 0 Å². The number of aromatic amines is 1. The van der Waals surface area contributed by atoms with Crippen LogP contribution >= 0.6 is 23.2 Å². The molecule has 0 saturated carbocycles. The van der Waals surface area contributed by atoms with E-state index in [1.165, 1.54) is 6.20 Å². The molecule has 28 heavy (non-hydrogen) atoms. The molecule has 1 saturated heterocycles. The molecule has 142 valence electrons. The van der Waals surface area contributed by atoms with Crippen molar-refractivity contribution >= 4 is 29.1 Å². The summed E-state index contributed by atoms with van der Waals surface area (Å²) in [5.41, 5.74) is 1.32. The molecule has 0 spiro atoms. The second kappa shape index (κ2) is 7.78. The number of carbonyl (C=O) groups excluding carboxylic acids is 1. The molecule has 2 aromatic carbocycles. The molecule has 0 radical (unpaired) electrons. The first-order valence-corrected chi connectivity index (χ1v) is 9.67. The van der Waals surface area contributed by atoms with Gasteiger partial charge in [0.15, 0.2) is 0 Å². The number of H-pyrrole nitrogens is 1. The Balaban J connectivity index is 1.55. The van der Waals surface area contributed by atoms with Gasteiger partial charge < -0.3 is 9.88 Å². The van der Waals surface area contributed by atoms with E-state index in [2.05, 4.69) is 9.97 Å². The number of amides is 1. The molecule has 7 heteroatoms. The first kappa shape index (κ1) is 18.7. The van der Waals surface area contributed by atoms with Gasteiger partial charge in [-0.05, 0) is 29.7 Å². The summed E-state index contributed by atoms with van der Waals surface area (Å²) in [6.07, 6.45) is 2.49. The van der Waals surface area contributed by atoms with Gasteiger partial charge in [-0.3, -0.25) is 9.59 Å². The van der Waals surface area contributed by atoms with Crippen molar-refractivity contribution < 1.29 is 4.79 Å². The molecule has 0 aliphatic carbocycles. The van der Waals surface area contributed by atoms with Gasteiger partial charge in [0.2, 0.25) is 0 Å². The van der Waals surface area contributed by atoms with Crippen LogP contribution in [-0.4, -0.2) is 27.3 Å². The van der Waals surface area contributed by atoms with Crippen molar-refractivity contribution in [3.8, 4) is 0 Å². The molecule has 0 unspecified atom stereocenters. The number of nitrogens with one attached hydrogen (secondary N) is 1. The van der Waals surface area contributed by atoms with Crippen molar-refractivity contribution in [2.24, 2.45) is 0 Å². The molecule has 5 nitrogen and oxygen atoms in total. The highest BCUT2D eigenvalue weighted by molar-refractivity contribution is 6.36. The molecular formula is C21H17Cl2N3O2. The molecule has 1 aliphatic heterocycles. The highest BCUT2D eigenvalue weighted by Gasteiger charge is 2.34. The van der Waals surface area contributed by atoms with Crippen LogP contribution in [0.15, 0.2) is 59.5 Å². The lowest BCUT2D eigenvalue weighted by atomic mass is 9.94. The Bertz CT molecular complexity index is 1060. The molecule has 4 rings (SSSR count). The maximum Gasteiger partial charge on any atom is 0.263 e. The minimum absolute atomic E-state index is 0.00490. The zero-order chi connectivity index (χ0) is 19.7. The Labute approximate surface area is 171 Å². The average molecular weight is 414 g/mol. The number of hydrogen-bond acceptors (Lipinski definition) is 3. The number of halogens is 2. The Morgan fingerprint density at radius 1 is 1.11 bits per heavy atom. The molecule has 1 aromatic heterocycles. The fourth-order valence-corrected chi connectivity index (χ4v) is 3.88. The normalized spacial score (nSPS) is 15.9. The van der Waals surface area contributed by atoms with Crippen LogP contribution in [0.1, 0.15) is 39.8 Å². The van der Waals surface area contributed by atoms with Crippen LogP contribution in [0.25, 0.3) is 0 Å². The van der Waals surface area contributed by atoms with E-state index in [-0.39, 0.29) is 23.9 Å². The molecule has 1 atom stereocenters. The van der Waals surface area contributed by atoms with E-state index in [0.29, 0.717) is 28.0 Å². The minimum atomic E-state index is -0.461. The zero-order valence-corrected chi connectivity index (χ0v) is 16.4. The van der Waals surface area contributed by atoms with Crippen LogP contribution in [0.4, 0.5) is 0 Å². The van der Waals surface area contributed by atoms with E-state index in [1.54, 1.807) is 23.1 Å². The van der Waals surface area contributed by atoms with Gasteiger partial charge in [-0.2, -0.15) is 0 Å². The van der Waals surface area contributed by atoms with Gasteiger partial charge in [0.25, 0.3) is 11.5 Å². The molecule has 1 N–H and O–H groups in total. The largest absolute Gasteiger partial charge is 0.331 e. The van der Waals surface area contributed by atoms with E-state index in [1.807, 2.05) is 30.3 Å². The highest BCUT2D eigenvalue weighted by Crippen LogP contribution is 2.33. The van der Waals surface area contributed by atoms with Crippen LogP contribution in [0.5, 0.6) is 0 Å². The third kappa shape index (κ3) is 3.55. The number of likely N-dealkylation sites (tertiary alicyclic amines) is 1. The molecule has 0 bridgehead atoms. The van der Waals surface area contributed by atoms with Gasteiger partial charge in [0.1, 0.15) is 11.4 Å². The second-order valence-electron chi connectivity index (χ2n) is 6.66. The van der Waals surface area contributed by atoms with Crippen molar-refractivity contribution in [2.75, 3.05) is 6.54 Å². The van der Waals surface area contributed by atoms with Crippen LogP contribution in [-0.2, 0) is 6.42 Å². The summed E-state index contributed by atoms with van der Waals surface area (Å²) < 4.78 is 0. The summed E-state index contributed by atoms with van der Waals surface area (Å²) in [6, 6.07) is 15.0. The Morgan fingerprint density at radius 2 is 1.82 bits per heavy atom. The number of aromatic nitrogens is 2. The minimum Gasteiger partial charge on any atom is -0.331 e. The Kier molecular flexibility index (Phi) is 5.20. The lowest BCUT2D eigenvalue weighted by molar-refractivity contribution is 0.0458.